The molecule has 1 aliphatic heterocycles. The van der Waals surface area contributed by atoms with E-state index in [-0.39, 0.29) is 11.7 Å². The van der Waals surface area contributed by atoms with E-state index in [0.29, 0.717) is 19.6 Å². The number of ketones is 1. The predicted octanol–water partition coefficient (Wildman–Crippen LogP) is 1.52. The Morgan fingerprint density at radius 1 is 1.53 bits per heavy atom. The van der Waals surface area contributed by atoms with E-state index in [4.69, 9.17) is 0 Å². The lowest BCUT2D eigenvalue weighted by Crippen LogP contribution is -2.36. The molecule has 0 atom stereocenters. The van der Waals surface area contributed by atoms with Gasteiger partial charge in [0.25, 0.3) is 0 Å². The second kappa shape index (κ2) is 5.75. The van der Waals surface area contributed by atoms with Crippen LogP contribution in [-0.4, -0.2) is 42.8 Å². The number of carbonyl (C=O) groups excluding carboxylic acids is 2. The van der Waals surface area contributed by atoms with Gasteiger partial charge in [-0.05, 0) is 34.5 Å². The molecule has 0 aromatic carbocycles. The molecule has 92 valence electrons. The number of Topliss-reactive ketones (excluding diaryl/α,β-unsaturated/α-hetero) is 1. The highest BCUT2D eigenvalue weighted by Crippen LogP contribution is 2.22. The van der Waals surface area contributed by atoms with Gasteiger partial charge in [-0.2, -0.15) is 0 Å². The molecule has 2 rings (SSSR count). The Bertz CT molecular complexity index is 433. The van der Waals surface area contributed by atoms with E-state index < -0.39 is 0 Å². The molecule has 0 radical (unpaired) electrons. The van der Waals surface area contributed by atoms with E-state index in [1.165, 1.54) is 11.3 Å². The number of thiophene rings is 1. The number of hydrogen-bond donors (Lipinski definition) is 1. The monoisotopic (exact) mass is 316 g/mol. The number of nitrogens with one attached hydrogen (secondary N) is 1. The molecule has 1 N–H and O–H groups in total. The van der Waals surface area contributed by atoms with Crippen molar-refractivity contribution >= 4 is 39.0 Å². The molecule has 0 saturated carbocycles. The molecule has 2 heterocycles. The van der Waals surface area contributed by atoms with Crippen molar-refractivity contribution < 1.29 is 9.59 Å². The Hall–Kier alpha value is -0.720. The zero-order chi connectivity index (χ0) is 12.3. The number of rotatable bonds is 3. The molecule has 4 nitrogen and oxygen atoms in total. The van der Waals surface area contributed by atoms with E-state index in [1.54, 1.807) is 0 Å². The van der Waals surface area contributed by atoms with Crippen LogP contribution >= 0.6 is 27.3 Å². The Kier molecular flexibility index (Phi) is 4.31. The fraction of sp³-hybridized carbons (Fsp3) is 0.455. The molecular formula is C11H13BrN2O2S. The summed E-state index contributed by atoms with van der Waals surface area (Å²) in [6.07, 6.45) is 0.896. The Morgan fingerprint density at radius 2 is 2.35 bits per heavy atom. The van der Waals surface area contributed by atoms with Gasteiger partial charge in [0.2, 0.25) is 5.91 Å². The first-order valence-corrected chi connectivity index (χ1v) is 7.04. The van der Waals surface area contributed by atoms with Gasteiger partial charge in [0.15, 0.2) is 5.78 Å². The van der Waals surface area contributed by atoms with Gasteiger partial charge in [0.05, 0.1) is 21.8 Å². The van der Waals surface area contributed by atoms with Gasteiger partial charge in [0.1, 0.15) is 0 Å². The van der Waals surface area contributed by atoms with Crippen molar-refractivity contribution in [3.05, 3.63) is 20.8 Å². The third-order valence-electron chi connectivity index (χ3n) is 2.56. The Morgan fingerprint density at radius 3 is 3.06 bits per heavy atom. The summed E-state index contributed by atoms with van der Waals surface area (Å²) >= 11 is 4.77. The number of amides is 1. The minimum atomic E-state index is 0.00246. The van der Waals surface area contributed by atoms with Gasteiger partial charge in [-0.3, -0.25) is 14.5 Å². The summed E-state index contributed by atoms with van der Waals surface area (Å²) in [5.74, 6) is 0.0815. The van der Waals surface area contributed by atoms with Crippen LogP contribution in [0, 0.1) is 0 Å². The molecule has 0 unspecified atom stereocenters. The SMILES string of the molecule is O=C1CN(CC(=O)c2ccc(Br)s2)CCCN1. The van der Waals surface area contributed by atoms with E-state index in [0.717, 1.165) is 21.6 Å². The van der Waals surface area contributed by atoms with Gasteiger partial charge in [-0.25, -0.2) is 0 Å². The smallest absolute Gasteiger partial charge is 0.234 e. The summed E-state index contributed by atoms with van der Waals surface area (Å²) in [5.41, 5.74) is 0. The molecule has 1 saturated heterocycles. The number of halogens is 1. The predicted molar refractivity (Wildman–Crippen MR) is 70.4 cm³/mol. The van der Waals surface area contributed by atoms with Crippen LogP contribution in [0.25, 0.3) is 0 Å². The van der Waals surface area contributed by atoms with Crippen molar-refractivity contribution in [2.75, 3.05) is 26.2 Å². The maximum absolute atomic E-state index is 12.0. The lowest BCUT2D eigenvalue weighted by Gasteiger charge is -2.16. The summed E-state index contributed by atoms with van der Waals surface area (Å²) in [4.78, 5) is 25.9. The van der Waals surface area contributed by atoms with Crippen molar-refractivity contribution in [1.82, 2.24) is 10.2 Å². The summed E-state index contributed by atoms with van der Waals surface area (Å²) in [6, 6.07) is 3.68. The van der Waals surface area contributed by atoms with Gasteiger partial charge in [-0.1, -0.05) is 0 Å². The largest absolute Gasteiger partial charge is 0.355 e. The topological polar surface area (TPSA) is 49.4 Å². The van der Waals surface area contributed by atoms with Crippen LogP contribution in [0.4, 0.5) is 0 Å². The van der Waals surface area contributed by atoms with Gasteiger partial charge >= 0.3 is 0 Å². The number of nitrogens with zero attached hydrogens (tertiary/aromatic N) is 1. The van der Waals surface area contributed by atoms with Crippen LogP contribution in [-0.2, 0) is 4.79 Å². The maximum atomic E-state index is 12.0. The highest BCUT2D eigenvalue weighted by molar-refractivity contribution is 9.11. The molecule has 0 aliphatic carbocycles. The first-order valence-electron chi connectivity index (χ1n) is 5.43. The Balaban J connectivity index is 1.95. The molecular weight excluding hydrogens is 304 g/mol. The van der Waals surface area contributed by atoms with Crippen molar-refractivity contribution in [1.29, 1.82) is 0 Å². The fourth-order valence-corrected chi connectivity index (χ4v) is 3.06. The van der Waals surface area contributed by atoms with Gasteiger partial charge < -0.3 is 5.32 Å². The molecule has 1 fully saturated rings. The van der Waals surface area contributed by atoms with Crippen LogP contribution in [0.3, 0.4) is 0 Å². The summed E-state index contributed by atoms with van der Waals surface area (Å²) in [5, 5.41) is 2.79. The highest BCUT2D eigenvalue weighted by atomic mass is 79.9. The summed E-state index contributed by atoms with van der Waals surface area (Å²) in [7, 11) is 0. The summed E-state index contributed by atoms with van der Waals surface area (Å²) in [6.45, 7) is 2.13. The zero-order valence-corrected chi connectivity index (χ0v) is 11.6. The first kappa shape index (κ1) is 12.7. The van der Waals surface area contributed by atoms with Crippen LogP contribution in [0.5, 0.6) is 0 Å². The molecule has 1 aliphatic rings. The zero-order valence-electron chi connectivity index (χ0n) is 9.24. The standard InChI is InChI=1S/C11H13BrN2O2S/c12-10-3-2-9(17-10)8(15)6-14-5-1-4-13-11(16)7-14/h2-3H,1,4-7H2,(H,13,16). The third kappa shape index (κ3) is 3.62. The van der Waals surface area contributed by atoms with E-state index in [2.05, 4.69) is 21.2 Å². The van der Waals surface area contributed by atoms with Crippen LogP contribution < -0.4 is 5.32 Å². The average Bonchev–Trinajstić information content (AvgIpc) is 2.61. The molecule has 0 spiro atoms. The lowest BCUT2D eigenvalue weighted by atomic mass is 10.3. The second-order valence-corrected chi connectivity index (χ2v) is 6.40. The number of hydrogen-bond acceptors (Lipinski definition) is 4. The number of carbonyl (C=O) groups is 2. The molecule has 17 heavy (non-hydrogen) atoms. The Labute approximate surface area is 112 Å². The minimum Gasteiger partial charge on any atom is -0.355 e. The minimum absolute atomic E-state index is 0.00246. The van der Waals surface area contributed by atoms with Crippen molar-refractivity contribution in [2.45, 2.75) is 6.42 Å². The lowest BCUT2D eigenvalue weighted by molar-refractivity contribution is -0.121. The van der Waals surface area contributed by atoms with Crippen LogP contribution in [0.1, 0.15) is 16.1 Å². The van der Waals surface area contributed by atoms with Crippen LogP contribution in [0.15, 0.2) is 15.9 Å². The van der Waals surface area contributed by atoms with Gasteiger partial charge in [-0.15, -0.1) is 11.3 Å². The van der Waals surface area contributed by atoms with E-state index in [9.17, 15) is 9.59 Å². The van der Waals surface area contributed by atoms with E-state index >= 15 is 0 Å². The third-order valence-corrected chi connectivity index (χ3v) is 4.22. The van der Waals surface area contributed by atoms with Gasteiger partial charge in [0, 0.05) is 13.1 Å². The van der Waals surface area contributed by atoms with E-state index in [1.807, 2.05) is 17.0 Å². The molecule has 1 aromatic heterocycles. The molecule has 0 bridgehead atoms. The summed E-state index contributed by atoms with van der Waals surface area (Å²) < 4.78 is 0.953. The molecule has 6 heteroatoms. The average molecular weight is 317 g/mol. The molecule has 1 amide bonds. The van der Waals surface area contributed by atoms with Crippen molar-refractivity contribution in [3.63, 3.8) is 0 Å². The normalized spacial score (nSPS) is 17.6. The fourth-order valence-electron chi connectivity index (χ4n) is 1.75. The van der Waals surface area contributed by atoms with Crippen molar-refractivity contribution in [3.8, 4) is 0 Å². The first-order chi connectivity index (χ1) is 8.15. The highest BCUT2D eigenvalue weighted by Gasteiger charge is 2.18. The quantitative estimate of drug-likeness (QED) is 0.860. The molecule has 1 aromatic rings. The van der Waals surface area contributed by atoms with Crippen molar-refractivity contribution in [2.24, 2.45) is 0 Å². The van der Waals surface area contributed by atoms with Crippen LogP contribution in [0.2, 0.25) is 0 Å². The maximum Gasteiger partial charge on any atom is 0.234 e. The second-order valence-electron chi connectivity index (χ2n) is 3.94.